The summed E-state index contributed by atoms with van der Waals surface area (Å²) in [5, 5.41) is 13.3. The third kappa shape index (κ3) is 4.08. The van der Waals surface area contributed by atoms with Crippen LogP contribution in [-0.4, -0.2) is 42.4 Å². The van der Waals surface area contributed by atoms with Gasteiger partial charge in [-0.05, 0) is 30.3 Å². The van der Waals surface area contributed by atoms with Crippen LogP contribution in [0.15, 0.2) is 42.5 Å². The van der Waals surface area contributed by atoms with Crippen LogP contribution in [0.4, 0.5) is 16.2 Å². The molecular formula is C18H19N3O5S. The fourth-order valence-corrected chi connectivity index (χ4v) is 4.10. The summed E-state index contributed by atoms with van der Waals surface area (Å²) in [6, 6.07) is 11.0. The van der Waals surface area contributed by atoms with Crippen molar-refractivity contribution >= 4 is 29.2 Å². The summed E-state index contributed by atoms with van der Waals surface area (Å²) in [4.78, 5) is 24.7. The Balaban J connectivity index is 1.79. The number of rotatable bonds is 5. The van der Waals surface area contributed by atoms with Crippen LogP contribution >= 0.6 is 11.8 Å². The van der Waals surface area contributed by atoms with Crippen molar-refractivity contribution in [3.8, 4) is 11.5 Å². The summed E-state index contributed by atoms with van der Waals surface area (Å²) in [6.45, 7) is 0.578. The lowest BCUT2D eigenvalue weighted by atomic mass is 10.1. The van der Waals surface area contributed by atoms with E-state index in [4.69, 9.17) is 9.47 Å². The van der Waals surface area contributed by atoms with Crippen molar-refractivity contribution < 1.29 is 19.2 Å². The standard InChI is InChI=1S/C18H19N3O5S/c1-25-14-7-8-16(26-2)15(11-14)17-20(9-10-27-17)18(22)19-12-3-5-13(6-4-12)21(23)24/h3-8,11,17H,9-10H2,1-2H3,(H,19,22)/t17-/m0/s1. The maximum absolute atomic E-state index is 12.8. The number of hydrogen-bond acceptors (Lipinski definition) is 6. The normalized spacial score (nSPS) is 16.1. The molecule has 0 spiro atoms. The summed E-state index contributed by atoms with van der Waals surface area (Å²) < 4.78 is 10.7. The molecule has 1 N–H and O–H groups in total. The van der Waals surface area contributed by atoms with Crippen molar-refractivity contribution in [2.75, 3.05) is 31.8 Å². The Bertz CT molecular complexity index is 843. The number of carbonyl (C=O) groups is 1. The Morgan fingerprint density at radius 1 is 1.22 bits per heavy atom. The first-order valence-electron chi connectivity index (χ1n) is 8.19. The Labute approximate surface area is 160 Å². The molecule has 8 nitrogen and oxygen atoms in total. The molecule has 1 aliphatic heterocycles. The molecule has 142 valence electrons. The molecule has 27 heavy (non-hydrogen) atoms. The number of ether oxygens (including phenoxy) is 2. The van der Waals surface area contributed by atoms with Gasteiger partial charge < -0.3 is 19.7 Å². The Hall–Kier alpha value is -2.94. The van der Waals surface area contributed by atoms with E-state index in [1.165, 1.54) is 24.3 Å². The van der Waals surface area contributed by atoms with Crippen molar-refractivity contribution in [2.24, 2.45) is 0 Å². The molecule has 0 unspecified atom stereocenters. The van der Waals surface area contributed by atoms with Gasteiger partial charge in [-0.1, -0.05) is 0 Å². The molecule has 0 aromatic heterocycles. The summed E-state index contributed by atoms with van der Waals surface area (Å²) in [6.07, 6.45) is 0. The highest BCUT2D eigenvalue weighted by molar-refractivity contribution is 7.99. The van der Waals surface area contributed by atoms with Crippen LogP contribution in [0.2, 0.25) is 0 Å². The van der Waals surface area contributed by atoms with Crippen molar-refractivity contribution in [3.63, 3.8) is 0 Å². The first-order chi connectivity index (χ1) is 13.0. The summed E-state index contributed by atoms with van der Waals surface area (Å²) in [7, 11) is 3.18. The van der Waals surface area contributed by atoms with Gasteiger partial charge in [-0.25, -0.2) is 4.79 Å². The van der Waals surface area contributed by atoms with Crippen LogP contribution in [0.3, 0.4) is 0 Å². The van der Waals surface area contributed by atoms with E-state index in [0.717, 1.165) is 11.3 Å². The molecule has 0 radical (unpaired) electrons. The first-order valence-corrected chi connectivity index (χ1v) is 9.24. The number of hydrogen-bond donors (Lipinski definition) is 1. The Kier molecular flexibility index (Phi) is 5.70. The van der Waals surface area contributed by atoms with E-state index in [1.807, 2.05) is 18.2 Å². The minimum absolute atomic E-state index is 0.0243. The zero-order chi connectivity index (χ0) is 19.4. The second-order valence-electron chi connectivity index (χ2n) is 5.76. The molecule has 9 heteroatoms. The van der Waals surface area contributed by atoms with E-state index in [9.17, 15) is 14.9 Å². The largest absolute Gasteiger partial charge is 0.497 e. The number of methoxy groups -OCH3 is 2. The van der Waals surface area contributed by atoms with Crippen molar-refractivity contribution in [1.29, 1.82) is 0 Å². The number of carbonyl (C=O) groups excluding carboxylic acids is 1. The lowest BCUT2D eigenvalue weighted by molar-refractivity contribution is -0.384. The fourth-order valence-electron chi connectivity index (χ4n) is 2.83. The maximum atomic E-state index is 12.8. The molecule has 2 amide bonds. The maximum Gasteiger partial charge on any atom is 0.323 e. The van der Waals surface area contributed by atoms with Crippen molar-refractivity contribution in [3.05, 3.63) is 58.1 Å². The molecule has 1 fully saturated rings. The number of nitro benzene ring substituents is 1. The van der Waals surface area contributed by atoms with Gasteiger partial charge in [0.25, 0.3) is 5.69 Å². The van der Waals surface area contributed by atoms with Gasteiger partial charge in [0.2, 0.25) is 0 Å². The molecule has 2 aromatic rings. The highest BCUT2D eigenvalue weighted by Gasteiger charge is 2.33. The van der Waals surface area contributed by atoms with E-state index in [-0.39, 0.29) is 17.1 Å². The number of nitro groups is 1. The quantitative estimate of drug-likeness (QED) is 0.616. The van der Waals surface area contributed by atoms with Gasteiger partial charge in [0.15, 0.2) is 0 Å². The average molecular weight is 389 g/mol. The average Bonchev–Trinajstić information content (AvgIpc) is 3.17. The molecule has 2 aromatic carbocycles. The van der Waals surface area contributed by atoms with Crippen LogP contribution < -0.4 is 14.8 Å². The van der Waals surface area contributed by atoms with Crippen molar-refractivity contribution in [2.45, 2.75) is 5.37 Å². The predicted molar refractivity (Wildman–Crippen MR) is 104 cm³/mol. The second kappa shape index (κ2) is 8.17. The zero-order valence-corrected chi connectivity index (χ0v) is 15.7. The summed E-state index contributed by atoms with van der Waals surface area (Å²) in [5.41, 5.74) is 1.33. The summed E-state index contributed by atoms with van der Waals surface area (Å²) >= 11 is 1.64. The van der Waals surface area contributed by atoms with E-state index >= 15 is 0 Å². The number of non-ortho nitro benzene ring substituents is 1. The SMILES string of the molecule is COc1ccc(OC)c([C@@H]2SCCN2C(=O)Nc2ccc([N+](=O)[O-])cc2)c1. The Morgan fingerprint density at radius 2 is 1.96 bits per heavy atom. The van der Waals surface area contributed by atoms with E-state index in [0.29, 0.717) is 23.7 Å². The van der Waals surface area contributed by atoms with Crippen LogP contribution in [0.1, 0.15) is 10.9 Å². The van der Waals surface area contributed by atoms with Gasteiger partial charge in [-0.3, -0.25) is 10.1 Å². The lowest BCUT2D eigenvalue weighted by Gasteiger charge is -2.26. The minimum Gasteiger partial charge on any atom is -0.497 e. The third-order valence-corrected chi connectivity index (χ3v) is 5.43. The second-order valence-corrected chi connectivity index (χ2v) is 6.95. The van der Waals surface area contributed by atoms with Gasteiger partial charge in [-0.15, -0.1) is 11.8 Å². The van der Waals surface area contributed by atoms with Gasteiger partial charge in [0, 0.05) is 35.7 Å². The molecule has 0 aliphatic carbocycles. The number of amides is 2. The highest BCUT2D eigenvalue weighted by atomic mass is 32.2. The number of thioether (sulfide) groups is 1. The summed E-state index contributed by atoms with van der Waals surface area (Å²) in [5.74, 6) is 2.16. The van der Waals surface area contributed by atoms with Gasteiger partial charge >= 0.3 is 6.03 Å². The molecule has 1 heterocycles. The number of benzene rings is 2. The van der Waals surface area contributed by atoms with E-state index < -0.39 is 4.92 Å². The van der Waals surface area contributed by atoms with Gasteiger partial charge in [-0.2, -0.15) is 0 Å². The van der Waals surface area contributed by atoms with Crippen molar-refractivity contribution in [1.82, 2.24) is 4.90 Å². The molecule has 1 saturated heterocycles. The number of urea groups is 1. The van der Waals surface area contributed by atoms with Crippen LogP contribution in [0.5, 0.6) is 11.5 Å². The van der Waals surface area contributed by atoms with E-state index in [2.05, 4.69) is 5.32 Å². The number of nitrogens with one attached hydrogen (secondary N) is 1. The molecule has 1 aliphatic rings. The van der Waals surface area contributed by atoms with Gasteiger partial charge in [0.05, 0.1) is 19.1 Å². The fraction of sp³-hybridized carbons (Fsp3) is 0.278. The molecular weight excluding hydrogens is 370 g/mol. The smallest absolute Gasteiger partial charge is 0.323 e. The number of nitrogens with zero attached hydrogens (tertiary/aromatic N) is 2. The first kappa shape index (κ1) is 18.8. The monoisotopic (exact) mass is 389 g/mol. The predicted octanol–water partition coefficient (Wildman–Crippen LogP) is 3.89. The minimum atomic E-state index is -0.478. The molecule has 0 bridgehead atoms. The Morgan fingerprint density at radius 3 is 2.59 bits per heavy atom. The third-order valence-electron chi connectivity index (χ3n) is 4.18. The molecule has 0 saturated carbocycles. The topological polar surface area (TPSA) is 93.9 Å². The molecule has 3 rings (SSSR count). The van der Waals surface area contributed by atoms with E-state index in [1.54, 1.807) is 30.9 Å². The molecule has 1 atom stereocenters. The zero-order valence-electron chi connectivity index (χ0n) is 14.9. The highest BCUT2D eigenvalue weighted by Crippen LogP contribution is 2.43. The lowest BCUT2D eigenvalue weighted by Crippen LogP contribution is -2.34. The van der Waals surface area contributed by atoms with Gasteiger partial charge in [0.1, 0.15) is 16.9 Å². The van der Waals surface area contributed by atoms with Crippen LogP contribution in [0, 0.1) is 10.1 Å². The number of anilines is 1. The van der Waals surface area contributed by atoms with Crippen LogP contribution in [0.25, 0.3) is 0 Å². The van der Waals surface area contributed by atoms with Crippen LogP contribution in [-0.2, 0) is 0 Å².